The summed E-state index contributed by atoms with van der Waals surface area (Å²) in [5.74, 6) is -0.437. The molecule has 0 saturated carbocycles. The van der Waals surface area contributed by atoms with Crippen LogP contribution in [0.5, 0.6) is 0 Å². The zero-order chi connectivity index (χ0) is 18.1. The average Bonchev–Trinajstić information content (AvgIpc) is 3.07. The topological polar surface area (TPSA) is 47.8 Å². The normalized spacial score (nSPS) is 11.0. The minimum Gasteiger partial charge on any atom is -0.334 e. The second-order valence-corrected chi connectivity index (χ2v) is 6.23. The maximum Gasteiger partial charge on any atom is 0.168 e. The summed E-state index contributed by atoms with van der Waals surface area (Å²) < 4.78 is 15.0. The van der Waals surface area contributed by atoms with Crippen molar-refractivity contribution >= 4 is 16.6 Å². The second kappa shape index (κ2) is 6.52. The van der Waals surface area contributed by atoms with Crippen LogP contribution in [-0.2, 0) is 13.5 Å². The molecule has 0 aliphatic carbocycles. The van der Waals surface area contributed by atoms with Gasteiger partial charge in [-0.15, -0.1) is 0 Å². The van der Waals surface area contributed by atoms with Gasteiger partial charge in [0.05, 0.1) is 24.6 Å². The number of ketones is 1. The third-order valence-electron chi connectivity index (χ3n) is 4.40. The number of fused-ring (bicyclic) bond motifs is 1. The van der Waals surface area contributed by atoms with Crippen molar-refractivity contribution < 1.29 is 9.18 Å². The molecule has 0 aliphatic heterocycles. The number of hydrogen-bond donors (Lipinski definition) is 0. The second-order valence-electron chi connectivity index (χ2n) is 6.23. The highest BCUT2D eigenvalue weighted by Gasteiger charge is 2.10. The molecule has 0 spiro atoms. The summed E-state index contributed by atoms with van der Waals surface area (Å²) in [4.78, 5) is 20.9. The van der Waals surface area contributed by atoms with Gasteiger partial charge in [-0.2, -0.15) is 0 Å². The van der Waals surface area contributed by atoms with Crippen LogP contribution < -0.4 is 0 Å². The lowest BCUT2D eigenvalue weighted by Gasteiger charge is -2.06. The molecule has 0 amide bonds. The molecule has 2 heterocycles. The zero-order valence-corrected chi connectivity index (χ0v) is 14.2. The van der Waals surface area contributed by atoms with Gasteiger partial charge in [-0.25, -0.2) is 9.37 Å². The summed E-state index contributed by atoms with van der Waals surface area (Å²) in [6.07, 6.45) is 5.54. The van der Waals surface area contributed by atoms with Gasteiger partial charge in [0.15, 0.2) is 5.78 Å². The first-order chi connectivity index (χ1) is 12.6. The van der Waals surface area contributed by atoms with Gasteiger partial charge < -0.3 is 4.57 Å². The number of hydrogen-bond acceptors (Lipinski definition) is 3. The van der Waals surface area contributed by atoms with Crippen molar-refractivity contribution in [3.63, 3.8) is 0 Å². The SMILES string of the molecule is Cn1cncc1-c1ccc2cnc(CC(=O)c3ccc(F)cc3)cc2c1. The van der Waals surface area contributed by atoms with Crippen LogP contribution in [0.4, 0.5) is 4.39 Å². The van der Waals surface area contributed by atoms with Crippen LogP contribution in [0.3, 0.4) is 0 Å². The molecule has 0 fully saturated rings. The smallest absolute Gasteiger partial charge is 0.168 e. The van der Waals surface area contributed by atoms with Crippen LogP contribution in [0.15, 0.2) is 67.3 Å². The van der Waals surface area contributed by atoms with Gasteiger partial charge in [0.1, 0.15) is 5.82 Å². The van der Waals surface area contributed by atoms with Crippen molar-refractivity contribution in [1.82, 2.24) is 14.5 Å². The fraction of sp³-hybridized carbons (Fsp3) is 0.0952. The van der Waals surface area contributed by atoms with Crippen LogP contribution in [0, 0.1) is 5.82 Å². The van der Waals surface area contributed by atoms with E-state index in [0.29, 0.717) is 11.3 Å². The van der Waals surface area contributed by atoms with Gasteiger partial charge in [-0.3, -0.25) is 9.78 Å². The van der Waals surface area contributed by atoms with Crippen molar-refractivity contribution in [3.05, 3.63) is 84.3 Å². The minimum absolute atomic E-state index is 0.0837. The molecule has 2 aromatic heterocycles. The van der Waals surface area contributed by atoms with Crippen LogP contribution in [0.25, 0.3) is 22.0 Å². The monoisotopic (exact) mass is 345 g/mol. The van der Waals surface area contributed by atoms with E-state index in [1.54, 1.807) is 12.5 Å². The third kappa shape index (κ3) is 3.11. The summed E-state index contributed by atoms with van der Waals surface area (Å²) in [6.45, 7) is 0. The Kier molecular flexibility index (Phi) is 4.05. The lowest BCUT2D eigenvalue weighted by molar-refractivity contribution is 0.0992. The molecule has 4 rings (SSSR count). The van der Waals surface area contributed by atoms with E-state index in [9.17, 15) is 9.18 Å². The molecule has 0 N–H and O–H groups in total. The Morgan fingerprint density at radius 2 is 1.85 bits per heavy atom. The van der Waals surface area contributed by atoms with Gasteiger partial charge in [0, 0.05) is 35.5 Å². The van der Waals surface area contributed by atoms with Crippen LogP contribution in [0.2, 0.25) is 0 Å². The van der Waals surface area contributed by atoms with Crippen molar-refractivity contribution in [2.45, 2.75) is 6.42 Å². The number of imidazole rings is 1. The Morgan fingerprint density at radius 3 is 2.58 bits per heavy atom. The summed E-state index contributed by atoms with van der Waals surface area (Å²) >= 11 is 0. The Labute approximate surface area is 150 Å². The molecular weight excluding hydrogens is 329 g/mol. The van der Waals surface area contributed by atoms with E-state index in [1.165, 1.54) is 24.3 Å². The summed E-state index contributed by atoms with van der Waals surface area (Å²) in [5.41, 5.74) is 3.25. The highest BCUT2D eigenvalue weighted by Crippen LogP contribution is 2.24. The summed E-state index contributed by atoms with van der Waals surface area (Å²) in [6, 6.07) is 13.6. The van der Waals surface area contributed by atoms with Crippen molar-refractivity contribution in [2.24, 2.45) is 7.05 Å². The largest absolute Gasteiger partial charge is 0.334 e. The number of carbonyl (C=O) groups is 1. The predicted molar refractivity (Wildman–Crippen MR) is 98.4 cm³/mol. The average molecular weight is 345 g/mol. The van der Waals surface area contributed by atoms with Crippen LogP contribution in [-0.4, -0.2) is 20.3 Å². The molecule has 0 unspecified atom stereocenters. The third-order valence-corrected chi connectivity index (χ3v) is 4.40. The lowest BCUT2D eigenvalue weighted by Crippen LogP contribution is -2.05. The Hall–Kier alpha value is -3.34. The molecule has 0 aliphatic rings. The van der Waals surface area contributed by atoms with E-state index in [-0.39, 0.29) is 18.0 Å². The van der Waals surface area contributed by atoms with E-state index >= 15 is 0 Å². The standard InChI is InChI=1S/C21H16FN3O/c1-25-13-23-12-20(25)15-2-3-16-11-24-19(9-17(16)8-15)10-21(26)14-4-6-18(22)7-5-14/h2-9,11-13H,10H2,1H3. The number of benzene rings is 2. The van der Waals surface area contributed by atoms with Crippen LogP contribution >= 0.6 is 0 Å². The Morgan fingerprint density at radius 1 is 1.04 bits per heavy atom. The number of rotatable bonds is 4. The molecule has 4 nitrogen and oxygen atoms in total. The number of halogens is 1. The summed E-state index contributed by atoms with van der Waals surface area (Å²) in [5, 5.41) is 2.02. The van der Waals surface area contributed by atoms with Crippen molar-refractivity contribution in [1.29, 1.82) is 0 Å². The van der Waals surface area contributed by atoms with E-state index in [4.69, 9.17) is 0 Å². The quantitative estimate of drug-likeness (QED) is 0.521. The number of nitrogens with zero attached hydrogens (tertiary/aromatic N) is 3. The first-order valence-corrected chi connectivity index (χ1v) is 8.24. The van der Waals surface area contributed by atoms with Crippen molar-refractivity contribution in [3.8, 4) is 11.3 Å². The Bertz CT molecular complexity index is 1100. The molecule has 0 bridgehead atoms. The predicted octanol–water partition coefficient (Wildman–Crippen LogP) is 4.20. The van der Waals surface area contributed by atoms with Crippen molar-refractivity contribution in [2.75, 3.05) is 0 Å². The number of pyridine rings is 1. The lowest BCUT2D eigenvalue weighted by atomic mass is 10.0. The zero-order valence-electron chi connectivity index (χ0n) is 14.2. The van der Waals surface area contributed by atoms with Gasteiger partial charge in [-0.05, 0) is 41.8 Å². The van der Waals surface area contributed by atoms with Gasteiger partial charge in [0.25, 0.3) is 0 Å². The fourth-order valence-electron chi connectivity index (χ4n) is 2.98. The molecule has 5 heteroatoms. The number of carbonyl (C=O) groups excluding carboxylic acids is 1. The molecule has 0 atom stereocenters. The molecule has 4 aromatic rings. The van der Waals surface area contributed by atoms with E-state index in [0.717, 1.165) is 22.0 Å². The first kappa shape index (κ1) is 16.1. The molecule has 0 saturated heterocycles. The Balaban J connectivity index is 1.65. The summed E-state index contributed by atoms with van der Waals surface area (Å²) in [7, 11) is 1.95. The first-order valence-electron chi connectivity index (χ1n) is 8.24. The fourth-order valence-corrected chi connectivity index (χ4v) is 2.98. The molecule has 2 aromatic carbocycles. The maximum absolute atomic E-state index is 13.0. The number of aromatic nitrogens is 3. The molecular formula is C21H16FN3O. The highest BCUT2D eigenvalue weighted by atomic mass is 19.1. The molecule has 0 radical (unpaired) electrons. The molecule has 128 valence electrons. The van der Waals surface area contributed by atoms with Gasteiger partial charge >= 0.3 is 0 Å². The number of aryl methyl sites for hydroxylation is 1. The van der Waals surface area contributed by atoms with E-state index < -0.39 is 0 Å². The van der Waals surface area contributed by atoms with Gasteiger partial charge in [-0.1, -0.05) is 12.1 Å². The number of Topliss-reactive ketones (excluding diaryl/α,β-unsaturated/α-hetero) is 1. The van der Waals surface area contributed by atoms with Gasteiger partial charge in [0.2, 0.25) is 0 Å². The highest BCUT2D eigenvalue weighted by molar-refractivity contribution is 5.97. The van der Waals surface area contributed by atoms with E-state index in [2.05, 4.69) is 16.0 Å². The van der Waals surface area contributed by atoms with Crippen LogP contribution in [0.1, 0.15) is 16.1 Å². The molecule has 26 heavy (non-hydrogen) atoms. The maximum atomic E-state index is 13.0. The minimum atomic E-state index is -0.354. The van der Waals surface area contributed by atoms with E-state index in [1.807, 2.05) is 36.0 Å².